The molecule has 0 radical (unpaired) electrons. The highest BCUT2D eigenvalue weighted by Gasteiger charge is 2.01. The summed E-state index contributed by atoms with van der Waals surface area (Å²) in [6.07, 6.45) is 1.75. The molecule has 3 N–H and O–H groups in total. The van der Waals surface area contributed by atoms with Crippen molar-refractivity contribution in [3.8, 4) is 0 Å². The molecule has 0 aromatic carbocycles. The van der Waals surface area contributed by atoms with E-state index in [1.165, 1.54) is 0 Å². The van der Waals surface area contributed by atoms with Gasteiger partial charge in [-0.25, -0.2) is 0 Å². The van der Waals surface area contributed by atoms with Crippen molar-refractivity contribution >= 4 is 23.3 Å². The zero-order valence-corrected chi connectivity index (χ0v) is 11.1. The van der Waals surface area contributed by atoms with Gasteiger partial charge in [-0.2, -0.15) is 4.99 Å². The smallest absolute Gasteiger partial charge is 0.198 e. The molecule has 0 aliphatic rings. The van der Waals surface area contributed by atoms with E-state index in [0.717, 1.165) is 11.3 Å². The fraction of sp³-hybridized carbons (Fsp3) is 0.364. The highest BCUT2D eigenvalue weighted by Crippen LogP contribution is 2.02. The van der Waals surface area contributed by atoms with Crippen LogP contribution in [0.25, 0.3) is 0 Å². The van der Waals surface area contributed by atoms with Crippen LogP contribution in [-0.2, 0) is 6.54 Å². The quantitative estimate of drug-likeness (QED) is 0.459. The van der Waals surface area contributed by atoms with E-state index in [2.05, 4.69) is 15.3 Å². The molecule has 0 amide bonds. The van der Waals surface area contributed by atoms with Crippen LogP contribution in [0.5, 0.6) is 0 Å². The molecule has 6 heteroatoms. The van der Waals surface area contributed by atoms with Gasteiger partial charge in [0.15, 0.2) is 11.1 Å². The molecule has 17 heavy (non-hydrogen) atoms. The molecule has 0 atom stereocenters. The monoisotopic (exact) mass is 251 g/mol. The van der Waals surface area contributed by atoms with Gasteiger partial charge >= 0.3 is 0 Å². The third-order valence-corrected chi connectivity index (χ3v) is 2.43. The second kappa shape index (κ2) is 6.15. The normalized spacial score (nSPS) is 11.1. The number of pyridine rings is 1. The molecule has 0 fully saturated rings. The summed E-state index contributed by atoms with van der Waals surface area (Å²) in [4.78, 5) is 9.98. The Morgan fingerprint density at radius 2 is 2.29 bits per heavy atom. The summed E-state index contributed by atoms with van der Waals surface area (Å²) in [6.45, 7) is 2.56. The van der Waals surface area contributed by atoms with Gasteiger partial charge in [0.05, 0.1) is 12.2 Å². The van der Waals surface area contributed by atoms with Gasteiger partial charge in [-0.05, 0) is 30.8 Å². The Hall–Kier alpha value is -1.69. The predicted molar refractivity (Wildman–Crippen MR) is 73.7 cm³/mol. The lowest BCUT2D eigenvalue weighted by Gasteiger charge is -2.11. The van der Waals surface area contributed by atoms with Gasteiger partial charge in [0.1, 0.15) is 0 Å². The van der Waals surface area contributed by atoms with Crippen LogP contribution in [0.15, 0.2) is 23.3 Å². The predicted octanol–water partition coefficient (Wildman–Crippen LogP) is 0.641. The number of hydrogen-bond acceptors (Lipinski definition) is 2. The number of aromatic nitrogens is 1. The van der Waals surface area contributed by atoms with E-state index in [1.54, 1.807) is 11.1 Å². The van der Waals surface area contributed by atoms with Gasteiger partial charge in [-0.1, -0.05) is 6.07 Å². The summed E-state index contributed by atoms with van der Waals surface area (Å²) in [7, 11) is 3.62. The summed E-state index contributed by atoms with van der Waals surface area (Å²) < 4.78 is 0. The van der Waals surface area contributed by atoms with Crippen molar-refractivity contribution in [3.05, 3.63) is 29.6 Å². The Balaban J connectivity index is 2.55. The first-order chi connectivity index (χ1) is 8.00. The first kappa shape index (κ1) is 13.4. The Morgan fingerprint density at radius 1 is 1.59 bits per heavy atom. The molecule has 0 aliphatic heterocycles. The average molecular weight is 251 g/mol. The van der Waals surface area contributed by atoms with Crippen molar-refractivity contribution in [1.82, 2.24) is 15.2 Å². The molecule has 0 spiro atoms. The van der Waals surface area contributed by atoms with E-state index in [4.69, 9.17) is 18.0 Å². The maximum Gasteiger partial charge on any atom is 0.198 e. The molecule has 1 aromatic rings. The Bertz CT molecular complexity index is 428. The summed E-state index contributed by atoms with van der Waals surface area (Å²) in [5.74, 6) is 0.375. The zero-order chi connectivity index (χ0) is 12.8. The Labute approximate surface area is 107 Å². The maximum atomic E-state index is 5.65. The molecule has 1 heterocycles. The van der Waals surface area contributed by atoms with Gasteiger partial charge in [-0.3, -0.25) is 4.98 Å². The van der Waals surface area contributed by atoms with E-state index in [0.29, 0.717) is 17.6 Å². The van der Waals surface area contributed by atoms with Crippen LogP contribution in [-0.4, -0.2) is 35.1 Å². The first-order valence-corrected chi connectivity index (χ1v) is 5.61. The van der Waals surface area contributed by atoms with E-state index in [9.17, 15) is 0 Å². The molecule has 1 rings (SSSR count). The van der Waals surface area contributed by atoms with Crippen molar-refractivity contribution in [2.75, 3.05) is 14.1 Å². The maximum absolute atomic E-state index is 5.65. The summed E-state index contributed by atoms with van der Waals surface area (Å²) >= 11 is 5.06. The second-order valence-electron chi connectivity index (χ2n) is 3.79. The van der Waals surface area contributed by atoms with Crippen LogP contribution in [0.4, 0.5) is 0 Å². The van der Waals surface area contributed by atoms with E-state index in [1.807, 2.05) is 33.2 Å². The van der Waals surface area contributed by atoms with E-state index in [-0.39, 0.29) is 0 Å². The Morgan fingerprint density at radius 3 is 2.88 bits per heavy atom. The number of nitrogens with two attached hydrogens (primary N) is 1. The standard InChI is InChI=1S/C11H17N5S/c1-8-5-4-6-13-9(8)7-14-11(17)15-10(12)16(2)3/h4-6H,7H2,1-3H3,(H3,12,14,15,17). The van der Waals surface area contributed by atoms with Crippen LogP contribution in [0, 0.1) is 6.92 Å². The lowest BCUT2D eigenvalue weighted by atomic mass is 10.2. The lowest BCUT2D eigenvalue weighted by molar-refractivity contribution is 0.615. The highest BCUT2D eigenvalue weighted by molar-refractivity contribution is 7.80. The minimum atomic E-state index is 0.362. The fourth-order valence-corrected chi connectivity index (χ4v) is 1.27. The number of thiocarbonyl (C=S) groups is 1. The molecule has 5 nitrogen and oxygen atoms in total. The van der Waals surface area contributed by atoms with E-state index >= 15 is 0 Å². The third-order valence-electron chi connectivity index (χ3n) is 2.20. The molecular weight excluding hydrogens is 234 g/mol. The van der Waals surface area contributed by atoms with Crippen LogP contribution in [0.2, 0.25) is 0 Å². The third kappa shape index (κ3) is 4.36. The van der Waals surface area contributed by atoms with Crippen molar-refractivity contribution in [3.63, 3.8) is 0 Å². The molecule has 0 unspecified atom stereocenters. The molecule has 0 saturated heterocycles. The second-order valence-corrected chi connectivity index (χ2v) is 4.18. The number of rotatable bonds is 2. The molecule has 0 saturated carbocycles. The highest BCUT2D eigenvalue weighted by atomic mass is 32.1. The molecule has 0 bridgehead atoms. The largest absolute Gasteiger partial charge is 0.369 e. The van der Waals surface area contributed by atoms with Gasteiger partial charge in [0.25, 0.3) is 0 Å². The fourth-order valence-electron chi connectivity index (χ4n) is 1.11. The lowest BCUT2D eigenvalue weighted by Crippen LogP contribution is -2.33. The molecule has 0 aliphatic carbocycles. The van der Waals surface area contributed by atoms with Crippen molar-refractivity contribution in [1.29, 1.82) is 0 Å². The van der Waals surface area contributed by atoms with Crippen LogP contribution in [0.1, 0.15) is 11.3 Å². The topological polar surface area (TPSA) is 66.5 Å². The van der Waals surface area contributed by atoms with Crippen molar-refractivity contribution in [2.45, 2.75) is 13.5 Å². The summed E-state index contributed by atoms with van der Waals surface area (Å²) in [5, 5.41) is 3.36. The van der Waals surface area contributed by atoms with Gasteiger partial charge in [-0.15, -0.1) is 0 Å². The number of nitrogens with zero attached hydrogens (tertiary/aromatic N) is 3. The van der Waals surface area contributed by atoms with E-state index < -0.39 is 0 Å². The van der Waals surface area contributed by atoms with Crippen LogP contribution < -0.4 is 11.1 Å². The van der Waals surface area contributed by atoms with Crippen LogP contribution >= 0.6 is 12.2 Å². The van der Waals surface area contributed by atoms with Gasteiger partial charge in [0.2, 0.25) is 0 Å². The number of nitrogens with one attached hydrogen (secondary N) is 1. The minimum absolute atomic E-state index is 0.362. The zero-order valence-electron chi connectivity index (χ0n) is 10.3. The number of aliphatic imine (C=N–C) groups is 1. The number of aryl methyl sites for hydroxylation is 1. The van der Waals surface area contributed by atoms with Gasteiger partial charge in [0, 0.05) is 20.3 Å². The minimum Gasteiger partial charge on any atom is -0.369 e. The number of guanidine groups is 1. The number of hydrogen-bond donors (Lipinski definition) is 2. The summed E-state index contributed by atoms with van der Waals surface area (Å²) in [6, 6.07) is 3.91. The van der Waals surface area contributed by atoms with Crippen molar-refractivity contribution in [2.24, 2.45) is 10.7 Å². The molecule has 92 valence electrons. The summed E-state index contributed by atoms with van der Waals surface area (Å²) in [5.41, 5.74) is 7.72. The SMILES string of the molecule is Cc1cccnc1CNC(=S)N=C(N)N(C)C. The average Bonchev–Trinajstić information content (AvgIpc) is 2.27. The van der Waals surface area contributed by atoms with Crippen LogP contribution in [0.3, 0.4) is 0 Å². The molecule has 1 aromatic heterocycles. The molecular formula is C11H17N5S. The van der Waals surface area contributed by atoms with Gasteiger partial charge < -0.3 is 16.0 Å². The van der Waals surface area contributed by atoms with Crippen molar-refractivity contribution < 1.29 is 0 Å². The first-order valence-electron chi connectivity index (χ1n) is 5.20. The Kier molecular flexibility index (Phi) is 4.84.